The van der Waals surface area contributed by atoms with E-state index in [4.69, 9.17) is 10.7 Å². The molecule has 0 aliphatic heterocycles. The number of amides is 1. The van der Waals surface area contributed by atoms with Crippen molar-refractivity contribution in [2.45, 2.75) is 58.8 Å². The third kappa shape index (κ3) is 5.35. The van der Waals surface area contributed by atoms with Crippen LogP contribution >= 0.6 is 0 Å². The quantitative estimate of drug-likeness (QED) is 0.233. The van der Waals surface area contributed by atoms with E-state index in [1.54, 1.807) is 18.3 Å². The zero-order valence-electron chi connectivity index (χ0n) is 21.4. The number of anilines is 1. The monoisotopic (exact) mass is 484 g/mol. The fraction of sp³-hybridized carbons (Fsp3) is 0.345. The molecule has 5 rings (SSSR count). The number of aromatic amines is 1. The molecule has 7 nitrogen and oxygen atoms in total. The van der Waals surface area contributed by atoms with Gasteiger partial charge in [-0.2, -0.15) is 0 Å². The van der Waals surface area contributed by atoms with Gasteiger partial charge in [0.25, 0.3) is 5.91 Å². The molecule has 1 aromatic carbocycles. The van der Waals surface area contributed by atoms with Crippen molar-refractivity contribution < 1.29 is 4.79 Å². The van der Waals surface area contributed by atoms with Crippen LogP contribution in [0.4, 0.5) is 5.82 Å². The lowest BCUT2D eigenvalue weighted by molar-refractivity contribution is -0.117. The van der Waals surface area contributed by atoms with Crippen LogP contribution in [-0.4, -0.2) is 31.8 Å². The maximum absolute atomic E-state index is 11.1. The van der Waals surface area contributed by atoms with Gasteiger partial charge in [-0.1, -0.05) is 55.7 Å². The van der Waals surface area contributed by atoms with Crippen molar-refractivity contribution in [3.8, 4) is 11.4 Å². The number of imidazole rings is 1. The number of rotatable bonds is 5. The molecule has 1 aliphatic rings. The molecular weight excluding hydrogens is 448 g/mol. The lowest BCUT2D eigenvalue weighted by Crippen LogP contribution is -2.23. The van der Waals surface area contributed by atoms with Crippen molar-refractivity contribution >= 4 is 28.1 Å². The van der Waals surface area contributed by atoms with E-state index in [2.05, 4.69) is 44.0 Å². The summed E-state index contributed by atoms with van der Waals surface area (Å²) in [7, 11) is 0. The van der Waals surface area contributed by atoms with Crippen LogP contribution < -0.4 is 11.1 Å². The smallest absolute Gasteiger partial charge is 0.250 e. The van der Waals surface area contributed by atoms with E-state index in [0.29, 0.717) is 23.9 Å². The van der Waals surface area contributed by atoms with E-state index in [1.165, 1.54) is 37.5 Å². The second kappa shape index (κ2) is 11.7. The van der Waals surface area contributed by atoms with Gasteiger partial charge in [0, 0.05) is 41.3 Å². The lowest BCUT2D eigenvalue weighted by Gasteiger charge is -2.20. The van der Waals surface area contributed by atoms with Gasteiger partial charge in [-0.3, -0.25) is 9.20 Å². The second-order valence-electron chi connectivity index (χ2n) is 9.06. The average molecular weight is 485 g/mol. The van der Waals surface area contributed by atoms with Crippen LogP contribution in [0.2, 0.25) is 0 Å². The predicted molar refractivity (Wildman–Crippen MR) is 148 cm³/mol. The number of nitrogens with zero attached hydrogens (tertiary/aromatic N) is 3. The summed E-state index contributed by atoms with van der Waals surface area (Å²) in [4.78, 5) is 24.0. The number of likely N-dealkylation sites (N-methyl/N-ethyl adjacent to an activating group) is 1. The number of carbonyl (C=O) groups is 1. The molecule has 1 saturated carbocycles. The topological polar surface area (TPSA) is 101 Å². The Morgan fingerprint density at radius 2 is 2.00 bits per heavy atom. The number of nitrogens with one attached hydrogen (secondary N) is 2. The molecule has 188 valence electrons. The maximum Gasteiger partial charge on any atom is 0.250 e. The minimum Gasteiger partial charge on any atom is -0.382 e. The molecule has 36 heavy (non-hydrogen) atoms. The molecule has 1 amide bonds. The Kier molecular flexibility index (Phi) is 8.21. The second-order valence-corrected chi connectivity index (χ2v) is 9.06. The summed E-state index contributed by atoms with van der Waals surface area (Å²) in [5.41, 5.74) is 10.9. The third-order valence-electron chi connectivity index (χ3n) is 6.62. The highest BCUT2D eigenvalue weighted by atomic mass is 16.1. The van der Waals surface area contributed by atoms with Crippen LogP contribution in [-0.2, 0) is 4.79 Å². The Bertz CT molecular complexity index is 1350. The first-order valence-electron chi connectivity index (χ1n) is 12.8. The molecule has 0 saturated heterocycles. The molecule has 7 heteroatoms. The number of aromatic nitrogens is 4. The van der Waals surface area contributed by atoms with Gasteiger partial charge in [0.2, 0.25) is 0 Å². The Labute approximate surface area is 212 Å². The Hall–Kier alpha value is -3.87. The van der Waals surface area contributed by atoms with Gasteiger partial charge in [-0.05, 0) is 45.7 Å². The summed E-state index contributed by atoms with van der Waals surface area (Å²) in [6.45, 7) is 6.32. The van der Waals surface area contributed by atoms with Crippen LogP contribution in [0.15, 0.2) is 66.5 Å². The van der Waals surface area contributed by atoms with Gasteiger partial charge >= 0.3 is 0 Å². The van der Waals surface area contributed by atoms with Crippen LogP contribution in [0.25, 0.3) is 27.8 Å². The van der Waals surface area contributed by atoms with Gasteiger partial charge < -0.3 is 16.0 Å². The largest absolute Gasteiger partial charge is 0.382 e. The minimum atomic E-state index is -0.00639. The standard InChI is InChI=1S/C20H21N5.C9H15NO/c21-19-18-17(16-12-14-8-4-5-9-15(14)23-16)24-20(25(18)11-10-22-19)13-6-2-1-3-7-13;1-4-7-8(5-2)9(11)10-6-3/h4-5,8-13,23H,1-3,6-7H2,(H2,21,22);4-5,7H,6H2,1-3H3,(H,10,11)/b;7-4-,8-5+. The number of fused-ring (bicyclic) bond motifs is 2. The molecule has 0 spiro atoms. The van der Waals surface area contributed by atoms with Gasteiger partial charge in [0.05, 0.1) is 5.69 Å². The summed E-state index contributed by atoms with van der Waals surface area (Å²) in [6, 6.07) is 10.4. The first-order valence-corrected chi connectivity index (χ1v) is 12.8. The number of H-pyrrole nitrogens is 1. The van der Waals surface area contributed by atoms with Gasteiger partial charge in [0.15, 0.2) is 0 Å². The highest BCUT2D eigenvalue weighted by molar-refractivity contribution is 5.96. The molecule has 4 aromatic rings. The molecule has 4 N–H and O–H groups in total. The zero-order valence-corrected chi connectivity index (χ0v) is 21.4. The zero-order chi connectivity index (χ0) is 25.5. The van der Waals surface area contributed by atoms with E-state index in [1.807, 2.05) is 39.1 Å². The summed E-state index contributed by atoms with van der Waals surface area (Å²) in [5.74, 6) is 2.15. The SMILES string of the molecule is C/C=C\C(=C/C)C(=O)NCC.Nc1nccn2c(C3CCCCC3)nc(-c3cc4ccccc4[nH]3)c12. The first-order chi connectivity index (χ1) is 17.6. The fourth-order valence-corrected chi connectivity index (χ4v) is 4.87. The van der Waals surface area contributed by atoms with Gasteiger partial charge in [-0.15, -0.1) is 0 Å². The van der Waals surface area contributed by atoms with Crippen LogP contribution in [0.1, 0.15) is 64.6 Å². The van der Waals surface area contributed by atoms with Gasteiger partial charge in [0.1, 0.15) is 22.9 Å². The van der Waals surface area contributed by atoms with Crippen LogP contribution in [0, 0.1) is 0 Å². The molecule has 0 unspecified atom stereocenters. The van der Waals surface area contributed by atoms with E-state index in [-0.39, 0.29) is 5.91 Å². The Morgan fingerprint density at radius 3 is 2.69 bits per heavy atom. The van der Waals surface area contributed by atoms with Crippen molar-refractivity contribution in [1.29, 1.82) is 0 Å². The number of hydrogen-bond acceptors (Lipinski definition) is 4. The molecular formula is C29H36N6O. The maximum atomic E-state index is 11.1. The number of para-hydroxylation sites is 1. The normalized spacial score (nSPS) is 14.8. The minimum absolute atomic E-state index is 0.00639. The van der Waals surface area contributed by atoms with E-state index in [0.717, 1.165) is 28.2 Å². The summed E-state index contributed by atoms with van der Waals surface area (Å²) < 4.78 is 2.15. The molecule has 0 atom stereocenters. The molecule has 0 radical (unpaired) electrons. The highest BCUT2D eigenvalue weighted by Crippen LogP contribution is 2.37. The number of hydrogen-bond donors (Lipinski definition) is 3. The summed E-state index contributed by atoms with van der Waals surface area (Å²) in [6.07, 6.45) is 15.5. The van der Waals surface area contributed by atoms with E-state index < -0.39 is 0 Å². The summed E-state index contributed by atoms with van der Waals surface area (Å²) >= 11 is 0. The molecule has 1 aliphatic carbocycles. The van der Waals surface area contributed by atoms with Crippen LogP contribution in [0.5, 0.6) is 0 Å². The van der Waals surface area contributed by atoms with Crippen LogP contribution in [0.3, 0.4) is 0 Å². The fourth-order valence-electron chi connectivity index (χ4n) is 4.87. The molecule has 1 fully saturated rings. The number of nitrogen functional groups attached to an aromatic ring is 1. The van der Waals surface area contributed by atoms with Gasteiger partial charge in [-0.25, -0.2) is 9.97 Å². The first kappa shape index (κ1) is 25.2. The predicted octanol–water partition coefficient (Wildman–Crippen LogP) is 6.15. The number of benzene rings is 1. The molecule has 3 aromatic heterocycles. The summed E-state index contributed by atoms with van der Waals surface area (Å²) in [5, 5.41) is 3.90. The third-order valence-corrected chi connectivity index (χ3v) is 6.62. The number of allylic oxidation sites excluding steroid dienone is 2. The molecule has 3 heterocycles. The Balaban J connectivity index is 0.000000237. The van der Waals surface area contributed by atoms with Crippen molar-refractivity contribution in [2.75, 3.05) is 12.3 Å². The highest BCUT2D eigenvalue weighted by Gasteiger charge is 2.24. The lowest BCUT2D eigenvalue weighted by atomic mass is 9.89. The van der Waals surface area contributed by atoms with E-state index >= 15 is 0 Å². The Morgan fingerprint density at radius 1 is 1.22 bits per heavy atom. The van der Waals surface area contributed by atoms with Crippen molar-refractivity contribution in [3.05, 3.63) is 72.4 Å². The van der Waals surface area contributed by atoms with Crippen molar-refractivity contribution in [1.82, 2.24) is 24.7 Å². The van der Waals surface area contributed by atoms with E-state index in [9.17, 15) is 4.79 Å². The van der Waals surface area contributed by atoms with Crippen molar-refractivity contribution in [3.63, 3.8) is 0 Å². The molecule has 0 bridgehead atoms. The average Bonchev–Trinajstić information content (AvgIpc) is 3.51. The van der Waals surface area contributed by atoms with Crippen molar-refractivity contribution in [2.24, 2.45) is 0 Å². The number of nitrogens with two attached hydrogens (primary N) is 1. The number of carbonyl (C=O) groups excluding carboxylic acids is 1.